The topological polar surface area (TPSA) is 20.3 Å². The van der Waals surface area contributed by atoms with Gasteiger partial charge in [0, 0.05) is 24.2 Å². The minimum absolute atomic E-state index is 0.136. The van der Waals surface area contributed by atoms with Gasteiger partial charge in [-0.15, -0.1) is 22.7 Å². The van der Waals surface area contributed by atoms with Gasteiger partial charge >= 0.3 is 0 Å². The van der Waals surface area contributed by atoms with Crippen LogP contribution in [0.5, 0.6) is 0 Å². The SMILES string of the molecule is CN(Cc1csc(Br)c1)C(=O)c1cc2c(s1)CCSC2. The largest absolute Gasteiger partial charge is 0.337 e. The molecule has 3 heterocycles. The lowest BCUT2D eigenvalue weighted by Crippen LogP contribution is -2.25. The number of thioether (sulfide) groups is 1. The Balaban J connectivity index is 1.73. The molecule has 6 heteroatoms. The highest BCUT2D eigenvalue weighted by Crippen LogP contribution is 2.32. The third-order valence-electron chi connectivity index (χ3n) is 3.23. The van der Waals surface area contributed by atoms with Crippen LogP contribution >= 0.6 is 50.4 Å². The fourth-order valence-electron chi connectivity index (χ4n) is 2.22. The minimum Gasteiger partial charge on any atom is -0.337 e. The van der Waals surface area contributed by atoms with Gasteiger partial charge in [-0.3, -0.25) is 4.79 Å². The van der Waals surface area contributed by atoms with Crippen LogP contribution in [0.4, 0.5) is 0 Å². The van der Waals surface area contributed by atoms with Crippen molar-refractivity contribution in [2.45, 2.75) is 18.7 Å². The fourth-order valence-corrected chi connectivity index (χ4v) is 5.78. The number of halogens is 1. The Hall–Kier alpha value is -0.300. The van der Waals surface area contributed by atoms with Crippen molar-refractivity contribution < 1.29 is 4.79 Å². The van der Waals surface area contributed by atoms with Crippen molar-refractivity contribution in [1.82, 2.24) is 4.90 Å². The van der Waals surface area contributed by atoms with Crippen molar-refractivity contribution >= 4 is 56.3 Å². The third kappa shape index (κ3) is 3.13. The molecule has 0 atom stereocenters. The van der Waals surface area contributed by atoms with E-state index in [1.807, 2.05) is 18.8 Å². The van der Waals surface area contributed by atoms with Crippen LogP contribution in [0.25, 0.3) is 0 Å². The first-order valence-electron chi connectivity index (χ1n) is 6.31. The van der Waals surface area contributed by atoms with Gasteiger partial charge in [0.25, 0.3) is 5.91 Å². The Morgan fingerprint density at radius 3 is 3.00 bits per heavy atom. The van der Waals surface area contributed by atoms with Gasteiger partial charge < -0.3 is 4.90 Å². The van der Waals surface area contributed by atoms with Crippen LogP contribution in [0, 0.1) is 0 Å². The molecule has 0 aliphatic carbocycles. The highest BCUT2D eigenvalue weighted by molar-refractivity contribution is 9.11. The maximum Gasteiger partial charge on any atom is 0.263 e. The lowest BCUT2D eigenvalue weighted by atomic mass is 10.2. The minimum atomic E-state index is 0.136. The van der Waals surface area contributed by atoms with Crippen LogP contribution in [0.3, 0.4) is 0 Å². The maximum atomic E-state index is 12.5. The number of amides is 1. The van der Waals surface area contributed by atoms with Crippen LogP contribution in [-0.4, -0.2) is 23.6 Å². The summed E-state index contributed by atoms with van der Waals surface area (Å²) >= 11 is 8.74. The number of hydrogen-bond acceptors (Lipinski definition) is 4. The van der Waals surface area contributed by atoms with Crippen molar-refractivity contribution in [1.29, 1.82) is 0 Å². The Labute approximate surface area is 139 Å². The van der Waals surface area contributed by atoms with Gasteiger partial charge in [0.05, 0.1) is 8.66 Å². The molecule has 3 rings (SSSR count). The molecule has 1 amide bonds. The average molecular weight is 388 g/mol. The molecule has 2 aromatic heterocycles. The van der Waals surface area contributed by atoms with Crippen molar-refractivity contribution in [3.8, 4) is 0 Å². The number of nitrogens with zero attached hydrogens (tertiary/aromatic N) is 1. The smallest absolute Gasteiger partial charge is 0.263 e. The fraction of sp³-hybridized carbons (Fsp3) is 0.357. The van der Waals surface area contributed by atoms with Crippen molar-refractivity contribution in [3.63, 3.8) is 0 Å². The molecule has 0 bridgehead atoms. The zero-order valence-corrected chi connectivity index (χ0v) is 15.1. The molecule has 0 N–H and O–H groups in total. The molecule has 106 valence electrons. The van der Waals surface area contributed by atoms with Gasteiger partial charge in [-0.2, -0.15) is 11.8 Å². The molecule has 2 nitrogen and oxygen atoms in total. The van der Waals surface area contributed by atoms with Gasteiger partial charge in [0.2, 0.25) is 0 Å². The number of aryl methyl sites for hydroxylation is 1. The van der Waals surface area contributed by atoms with Crippen molar-refractivity contribution in [2.75, 3.05) is 12.8 Å². The summed E-state index contributed by atoms with van der Waals surface area (Å²) in [6.07, 6.45) is 1.11. The zero-order valence-electron chi connectivity index (χ0n) is 11.0. The molecule has 0 fully saturated rings. The van der Waals surface area contributed by atoms with Gasteiger partial charge in [0.15, 0.2) is 0 Å². The van der Waals surface area contributed by atoms with Crippen molar-refractivity contribution in [2.24, 2.45) is 0 Å². The first-order chi connectivity index (χ1) is 9.63. The molecule has 0 aromatic carbocycles. The molecular weight excluding hydrogens is 374 g/mol. The quantitative estimate of drug-likeness (QED) is 0.764. The van der Waals surface area contributed by atoms with Crippen molar-refractivity contribution in [3.05, 3.63) is 42.2 Å². The summed E-state index contributed by atoms with van der Waals surface area (Å²) in [6, 6.07) is 4.17. The standard InChI is InChI=1S/C14H14BrNOS3/c1-16(6-9-4-13(15)19-7-9)14(17)12-5-10-8-18-3-2-11(10)20-12/h4-5,7H,2-3,6,8H2,1H3. The van der Waals surface area contributed by atoms with E-state index in [0.717, 1.165) is 20.8 Å². The normalized spacial score (nSPS) is 14.1. The lowest BCUT2D eigenvalue weighted by molar-refractivity contribution is 0.0790. The summed E-state index contributed by atoms with van der Waals surface area (Å²) in [5, 5.41) is 2.09. The second kappa shape index (κ2) is 6.22. The van der Waals surface area contributed by atoms with E-state index in [1.54, 1.807) is 27.6 Å². The van der Waals surface area contributed by atoms with E-state index in [-0.39, 0.29) is 5.91 Å². The highest BCUT2D eigenvalue weighted by atomic mass is 79.9. The van der Waals surface area contributed by atoms with E-state index >= 15 is 0 Å². The highest BCUT2D eigenvalue weighted by Gasteiger charge is 2.20. The second-order valence-corrected chi connectivity index (χ2v) is 9.31. The summed E-state index contributed by atoms with van der Waals surface area (Å²) in [4.78, 5) is 16.6. The van der Waals surface area contributed by atoms with E-state index in [2.05, 4.69) is 33.4 Å². The summed E-state index contributed by atoms with van der Waals surface area (Å²) in [7, 11) is 1.88. The molecule has 20 heavy (non-hydrogen) atoms. The first-order valence-corrected chi connectivity index (χ1v) is 9.95. The third-order valence-corrected chi connectivity index (χ3v) is 7.01. The monoisotopic (exact) mass is 387 g/mol. The molecule has 0 saturated carbocycles. The number of fused-ring (bicyclic) bond motifs is 1. The van der Waals surface area contributed by atoms with E-state index in [9.17, 15) is 4.79 Å². The second-order valence-electron chi connectivity index (χ2n) is 4.78. The number of rotatable bonds is 3. The number of hydrogen-bond donors (Lipinski definition) is 0. The van der Waals surface area contributed by atoms with Gasteiger partial charge in [-0.25, -0.2) is 0 Å². The van der Waals surface area contributed by atoms with E-state index in [1.165, 1.54) is 21.8 Å². The predicted octanol–water partition coefficient (Wildman–Crippen LogP) is 4.63. The van der Waals surface area contributed by atoms with Crippen LogP contribution in [-0.2, 0) is 18.7 Å². The molecule has 0 saturated heterocycles. The summed E-state index contributed by atoms with van der Waals surface area (Å²) in [6.45, 7) is 0.665. The summed E-state index contributed by atoms with van der Waals surface area (Å²) in [5.74, 6) is 2.37. The summed E-state index contributed by atoms with van der Waals surface area (Å²) < 4.78 is 1.11. The Morgan fingerprint density at radius 1 is 1.45 bits per heavy atom. The van der Waals surface area contributed by atoms with Crippen LogP contribution in [0.1, 0.15) is 25.7 Å². The van der Waals surface area contributed by atoms with Gasteiger partial charge in [-0.1, -0.05) is 0 Å². The average Bonchev–Trinajstić information content (AvgIpc) is 3.03. The maximum absolute atomic E-state index is 12.5. The molecule has 0 unspecified atom stereocenters. The molecule has 1 aliphatic heterocycles. The van der Waals surface area contributed by atoms with E-state index in [0.29, 0.717) is 6.54 Å². The Bertz CT molecular complexity index is 611. The van der Waals surface area contributed by atoms with Gasteiger partial charge in [-0.05, 0) is 56.7 Å². The molecule has 0 spiro atoms. The predicted molar refractivity (Wildman–Crippen MR) is 92.0 cm³/mol. The zero-order chi connectivity index (χ0) is 14.1. The molecule has 2 aromatic rings. The number of thiophene rings is 2. The molecule has 0 radical (unpaired) electrons. The molecule has 1 aliphatic rings. The Kier molecular flexibility index (Phi) is 4.55. The molecular formula is C14H14BrNOS3. The van der Waals surface area contributed by atoms with Gasteiger partial charge in [0.1, 0.15) is 0 Å². The number of carbonyl (C=O) groups is 1. The van der Waals surface area contributed by atoms with Crippen LogP contribution in [0.15, 0.2) is 21.3 Å². The first kappa shape index (κ1) is 14.6. The number of carbonyl (C=O) groups excluding carboxylic acids is 1. The van der Waals surface area contributed by atoms with Crippen LogP contribution < -0.4 is 0 Å². The Morgan fingerprint density at radius 2 is 2.30 bits per heavy atom. The lowest BCUT2D eigenvalue weighted by Gasteiger charge is -2.15. The van der Waals surface area contributed by atoms with E-state index in [4.69, 9.17) is 0 Å². The van der Waals surface area contributed by atoms with Crippen LogP contribution in [0.2, 0.25) is 0 Å². The summed E-state index contributed by atoms with van der Waals surface area (Å²) in [5.41, 5.74) is 2.54. The van der Waals surface area contributed by atoms with E-state index < -0.39 is 0 Å².